The Labute approximate surface area is 77.1 Å². The Morgan fingerprint density at radius 3 is 3.00 bits per heavy atom. The maximum absolute atomic E-state index is 9.48. The maximum atomic E-state index is 9.48. The van der Waals surface area contributed by atoms with Crippen LogP contribution in [0.1, 0.15) is 5.56 Å². The van der Waals surface area contributed by atoms with E-state index in [2.05, 4.69) is 0 Å². The minimum Gasteiger partial charge on any atom is -0.487 e. The highest BCUT2D eigenvalue weighted by atomic mass is 16.5. The van der Waals surface area contributed by atoms with E-state index in [4.69, 9.17) is 10.5 Å². The summed E-state index contributed by atoms with van der Waals surface area (Å²) in [6.45, 7) is 0.249. The van der Waals surface area contributed by atoms with Gasteiger partial charge in [-0.1, -0.05) is 18.2 Å². The summed E-state index contributed by atoms with van der Waals surface area (Å²) in [5, 5.41) is 9.48. The predicted octanol–water partition coefficient (Wildman–Crippen LogP) is 0.310. The molecule has 0 bridgehead atoms. The van der Waals surface area contributed by atoms with E-state index in [1.165, 1.54) is 0 Å². The molecule has 1 aliphatic heterocycles. The highest BCUT2D eigenvalue weighted by molar-refractivity contribution is 5.37. The molecule has 1 aromatic rings. The molecule has 0 unspecified atom stereocenters. The predicted molar refractivity (Wildman–Crippen MR) is 49.6 cm³/mol. The second-order valence-electron chi connectivity index (χ2n) is 3.27. The number of aliphatic hydroxyl groups is 1. The number of benzene rings is 1. The summed E-state index contributed by atoms with van der Waals surface area (Å²) < 4.78 is 5.53. The lowest BCUT2D eigenvalue weighted by Crippen LogP contribution is -2.36. The molecule has 2 atom stereocenters. The van der Waals surface area contributed by atoms with Crippen molar-refractivity contribution in [1.82, 2.24) is 0 Å². The van der Waals surface area contributed by atoms with Gasteiger partial charge < -0.3 is 15.6 Å². The Balaban J connectivity index is 2.14. The van der Waals surface area contributed by atoms with Gasteiger partial charge in [0.1, 0.15) is 18.0 Å². The Morgan fingerprint density at radius 1 is 1.54 bits per heavy atom. The van der Waals surface area contributed by atoms with Gasteiger partial charge in [-0.3, -0.25) is 0 Å². The molecule has 0 saturated carbocycles. The van der Waals surface area contributed by atoms with Crippen molar-refractivity contribution in [3.05, 3.63) is 29.8 Å². The van der Waals surface area contributed by atoms with Crippen LogP contribution in [0.4, 0.5) is 0 Å². The molecule has 1 heterocycles. The second kappa shape index (κ2) is 3.36. The molecule has 70 valence electrons. The first-order chi connectivity index (χ1) is 6.31. The third-order valence-electron chi connectivity index (χ3n) is 2.34. The smallest absolute Gasteiger partial charge is 0.130 e. The summed E-state index contributed by atoms with van der Waals surface area (Å²) >= 11 is 0. The minimum absolute atomic E-state index is 0.164. The van der Waals surface area contributed by atoms with Crippen LogP contribution in [0.25, 0.3) is 0 Å². The fourth-order valence-corrected chi connectivity index (χ4v) is 1.58. The lowest BCUT2D eigenvalue weighted by molar-refractivity contribution is 0.0561. The SMILES string of the molecule is NC[C@H](O)[C@@H]1Cc2ccccc2O1. The van der Waals surface area contributed by atoms with Crippen LogP contribution in [0.15, 0.2) is 24.3 Å². The first-order valence-electron chi connectivity index (χ1n) is 4.44. The van der Waals surface area contributed by atoms with Gasteiger partial charge in [-0.15, -0.1) is 0 Å². The molecule has 0 spiro atoms. The molecule has 0 aromatic heterocycles. The average molecular weight is 179 g/mol. The van der Waals surface area contributed by atoms with Crippen molar-refractivity contribution in [2.75, 3.05) is 6.54 Å². The quantitative estimate of drug-likeness (QED) is 0.687. The Morgan fingerprint density at radius 2 is 2.31 bits per heavy atom. The van der Waals surface area contributed by atoms with Gasteiger partial charge in [0, 0.05) is 13.0 Å². The van der Waals surface area contributed by atoms with Gasteiger partial charge >= 0.3 is 0 Å². The topological polar surface area (TPSA) is 55.5 Å². The zero-order chi connectivity index (χ0) is 9.26. The van der Waals surface area contributed by atoms with E-state index < -0.39 is 6.10 Å². The number of ether oxygens (including phenoxy) is 1. The van der Waals surface area contributed by atoms with Crippen LogP contribution in [0, 0.1) is 0 Å². The lowest BCUT2D eigenvalue weighted by Gasteiger charge is -2.15. The summed E-state index contributed by atoms with van der Waals surface area (Å²) in [4.78, 5) is 0. The third kappa shape index (κ3) is 1.53. The molecule has 0 amide bonds. The zero-order valence-electron chi connectivity index (χ0n) is 7.31. The van der Waals surface area contributed by atoms with E-state index >= 15 is 0 Å². The summed E-state index contributed by atoms with van der Waals surface area (Å²) in [7, 11) is 0. The Hall–Kier alpha value is -1.06. The Kier molecular flexibility index (Phi) is 2.20. The van der Waals surface area contributed by atoms with Crippen molar-refractivity contribution in [3.8, 4) is 5.75 Å². The van der Waals surface area contributed by atoms with Crippen LogP contribution in [0.2, 0.25) is 0 Å². The van der Waals surface area contributed by atoms with E-state index in [-0.39, 0.29) is 12.6 Å². The third-order valence-corrected chi connectivity index (χ3v) is 2.34. The molecule has 0 radical (unpaired) electrons. The van der Waals surface area contributed by atoms with Crippen LogP contribution in [0.3, 0.4) is 0 Å². The van der Waals surface area contributed by atoms with E-state index in [0.29, 0.717) is 0 Å². The molecule has 0 aliphatic carbocycles. The second-order valence-corrected chi connectivity index (χ2v) is 3.27. The minimum atomic E-state index is -0.563. The van der Waals surface area contributed by atoms with Gasteiger partial charge in [0.15, 0.2) is 0 Å². The monoisotopic (exact) mass is 179 g/mol. The van der Waals surface area contributed by atoms with Gasteiger partial charge in [-0.05, 0) is 11.6 Å². The number of para-hydroxylation sites is 1. The first kappa shape index (κ1) is 8.53. The number of fused-ring (bicyclic) bond motifs is 1. The molecule has 1 aliphatic rings. The molecular weight excluding hydrogens is 166 g/mol. The normalized spacial score (nSPS) is 22.2. The molecule has 2 rings (SSSR count). The van der Waals surface area contributed by atoms with Gasteiger partial charge in [-0.2, -0.15) is 0 Å². The van der Waals surface area contributed by atoms with E-state index in [1.54, 1.807) is 0 Å². The summed E-state index contributed by atoms with van der Waals surface area (Å²) in [6, 6.07) is 7.83. The van der Waals surface area contributed by atoms with Gasteiger partial charge in [0.2, 0.25) is 0 Å². The van der Waals surface area contributed by atoms with Gasteiger partial charge in [-0.25, -0.2) is 0 Å². The number of hydrogen-bond acceptors (Lipinski definition) is 3. The Bertz CT molecular complexity index is 276. The van der Waals surface area contributed by atoms with Crippen molar-refractivity contribution >= 4 is 0 Å². The highest BCUT2D eigenvalue weighted by Gasteiger charge is 2.27. The van der Waals surface area contributed by atoms with E-state index in [1.807, 2.05) is 24.3 Å². The number of nitrogens with two attached hydrogens (primary N) is 1. The molecule has 0 saturated heterocycles. The van der Waals surface area contributed by atoms with Crippen LogP contribution in [0.5, 0.6) is 5.75 Å². The molecular formula is C10H13NO2. The molecule has 13 heavy (non-hydrogen) atoms. The van der Waals surface area contributed by atoms with Gasteiger partial charge in [0.25, 0.3) is 0 Å². The molecule has 3 heteroatoms. The standard InChI is InChI=1S/C10H13NO2/c11-6-8(12)10-5-7-3-1-2-4-9(7)13-10/h1-4,8,10,12H,5-6,11H2/t8-,10-/m0/s1. The van der Waals surface area contributed by atoms with Crippen molar-refractivity contribution in [2.24, 2.45) is 5.73 Å². The highest BCUT2D eigenvalue weighted by Crippen LogP contribution is 2.29. The summed E-state index contributed by atoms with van der Waals surface area (Å²) in [5.41, 5.74) is 6.51. The fraction of sp³-hybridized carbons (Fsp3) is 0.400. The zero-order valence-corrected chi connectivity index (χ0v) is 7.31. The molecule has 3 nitrogen and oxygen atoms in total. The number of hydrogen-bond donors (Lipinski definition) is 2. The van der Waals surface area contributed by atoms with E-state index in [0.717, 1.165) is 17.7 Å². The first-order valence-corrected chi connectivity index (χ1v) is 4.44. The maximum Gasteiger partial charge on any atom is 0.130 e. The number of aliphatic hydroxyl groups excluding tert-OH is 1. The summed E-state index contributed by atoms with van der Waals surface area (Å²) in [6.07, 6.45) is 0.0314. The van der Waals surface area contributed by atoms with Crippen LogP contribution < -0.4 is 10.5 Å². The van der Waals surface area contributed by atoms with Crippen molar-refractivity contribution in [1.29, 1.82) is 0 Å². The largest absolute Gasteiger partial charge is 0.487 e. The molecule has 3 N–H and O–H groups in total. The molecule has 0 fully saturated rings. The molecule has 1 aromatic carbocycles. The fourth-order valence-electron chi connectivity index (χ4n) is 1.58. The van der Waals surface area contributed by atoms with Crippen LogP contribution >= 0.6 is 0 Å². The van der Waals surface area contributed by atoms with Crippen molar-refractivity contribution < 1.29 is 9.84 Å². The van der Waals surface area contributed by atoms with Crippen LogP contribution in [-0.4, -0.2) is 23.9 Å². The van der Waals surface area contributed by atoms with Crippen LogP contribution in [-0.2, 0) is 6.42 Å². The average Bonchev–Trinajstić information content (AvgIpc) is 2.59. The lowest BCUT2D eigenvalue weighted by atomic mass is 10.1. The van der Waals surface area contributed by atoms with E-state index in [9.17, 15) is 5.11 Å². The van der Waals surface area contributed by atoms with Crippen molar-refractivity contribution in [2.45, 2.75) is 18.6 Å². The van der Waals surface area contributed by atoms with Gasteiger partial charge in [0.05, 0.1) is 0 Å². The summed E-state index contributed by atoms with van der Waals surface area (Å²) in [5.74, 6) is 0.875. The number of rotatable bonds is 2. The van der Waals surface area contributed by atoms with Crippen molar-refractivity contribution in [3.63, 3.8) is 0 Å².